The third kappa shape index (κ3) is 9.54. The Morgan fingerprint density at radius 3 is 1.58 bits per heavy atom. The molecule has 5 rings (SSSR count). The number of thioether (sulfide) groups is 1. The summed E-state index contributed by atoms with van der Waals surface area (Å²) in [5.41, 5.74) is -0.0284. The van der Waals surface area contributed by atoms with Gasteiger partial charge in [0.25, 0.3) is 0 Å². The van der Waals surface area contributed by atoms with E-state index < -0.39 is 53.7 Å². The molecule has 11 heteroatoms. The van der Waals surface area contributed by atoms with Crippen molar-refractivity contribution in [3.05, 3.63) is 138 Å². The first kappa shape index (κ1) is 34.4. The van der Waals surface area contributed by atoms with Crippen LogP contribution < -0.4 is 0 Å². The van der Waals surface area contributed by atoms with Gasteiger partial charge in [-0.1, -0.05) is 84.6 Å². The lowest BCUT2D eigenvalue weighted by Crippen LogP contribution is -2.61. The van der Waals surface area contributed by atoms with Crippen LogP contribution >= 0.6 is 11.8 Å². The van der Waals surface area contributed by atoms with Gasteiger partial charge >= 0.3 is 23.9 Å². The maximum atomic E-state index is 13.6. The van der Waals surface area contributed by atoms with Gasteiger partial charge in [0.05, 0.1) is 23.3 Å². The maximum Gasteiger partial charge on any atom is 0.338 e. The largest absolute Gasteiger partial charge is 0.463 e. The second-order valence-electron chi connectivity index (χ2n) is 10.6. The van der Waals surface area contributed by atoms with Crippen LogP contribution in [-0.4, -0.2) is 73.5 Å². The first-order chi connectivity index (χ1) is 23.4. The Kier molecular flexibility index (Phi) is 12.4. The van der Waals surface area contributed by atoms with Crippen molar-refractivity contribution in [2.75, 3.05) is 19.8 Å². The molecule has 1 aliphatic rings. The fourth-order valence-electron chi connectivity index (χ4n) is 4.91. The van der Waals surface area contributed by atoms with Crippen molar-refractivity contribution in [1.29, 1.82) is 0 Å². The van der Waals surface area contributed by atoms with Crippen molar-refractivity contribution in [2.24, 2.45) is 0 Å². The zero-order valence-electron chi connectivity index (χ0n) is 26.0. The first-order valence-electron chi connectivity index (χ1n) is 15.3. The summed E-state index contributed by atoms with van der Waals surface area (Å²) in [4.78, 5) is 52.4. The highest BCUT2D eigenvalue weighted by Crippen LogP contribution is 2.38. The second kappa shape index (κ2) is 17.3. The van der Waals surface area contributed by atoms with Crippen LogP contribution in [0.15, 0.2) is 126 Å². The number of carbonyl (C=O) groups is 4. The number of benzene rings is 4. The van der Waals surface area contributed by atoms with Gasteiger partial charge in [0.2, 0.25) is 0 Å². The molecule has 0 unspecified atom stereocenters. The molecule has 0 aromatic heterocycles. The standard InChI is InChI=1S/C37H34O10S/c1-25(38)42-22-23-43-33-32(47-36(41)28-18-10-4-11-19-28)31(46-35(40)27-16-8-3-9-17-27)30(24-44-34(39)26-14-6-2-7-15-26)45-37(33)48-29-20-12-5-13-21-29/h2-21,30-33,37H,22-24H2,1H3/t30-,31-,32+,33-,37-/m1/s1. The lowest BCUT2D eigenvalue weighted by molar-refractivity contribution is -0.221. The van der Waals surface area contributed by atoms with Gasteiger partial charge in [-0.15, -0.1) is 0 Å². The minimum absolute atomic E-state index is 0.0775. The highest BCUT2D eigenvalue weighted by molar-refractivity contribution is 7.99. The van der Waals surface area contributed by atoms with Crippen LogP contribution in [0.25, 0.3) is 0 Å². The molecule has 4 aromatic rings. The molecule has 1 saturated heterocycles. The van der Waals surface area contributed by atoms with E-state index in [1.54, 1.807) is 91.0 Å². The van der Waals surface area contributed by atoms with Crippen LogP contribution in [0, 0.1) is 0 Å². The minimum Gasteiger partial charge on any atom is -0.463 e. The van der Waals surface area contributed by atoms with E-state index in [2.05, 4.69) is 0 Å². The number of carbonyl (C=O) groups excluding carboxylic acids is 4. The zero-order chi connectivity index (χ0) is 33.7. The number of rotatable bonds is 13. The van der Waals surface area contributed by atoms with E-state index in [1.807, 2.05) is 30.3 Å². The fraction of sp³-hybridized carbons (Fsp3) is 0.243. The van der Waals surface area contributed by atoms with Gasteiger partial charge in [0.1, 0.15) is 30.9 Å². The van der Waals surface area contributed by atoms with Crippen LogP contribution in [-0.2, 0) is 33.2 Å². The molecule has 0 bridgehead atoms. The van der Waals surface area contributed by atoms with Crippen molar-refractivity contribution in [2.45, 2.75) is 41.7 Å². The lowest BCUT2D eigenvalue weighted by Gasteiger charge is -2.44. The molecule has 0 aliphatic carbocycles. The molecule has 1 fully saturated rings. The third-order valence-corrected chi connectivity index (χ3v) is 8.34. The average molecular weight is 671 g/mol. The summed E-state index contributed by atoms with van der Waals surface area (Å²) in [5, 5.41) is 0. The average Bonchev–Trinajstić information content (AvgIpc) is 3.12. The fourth-order valence-corrected chi connectivity index (χ4v) is 6.06. The molecule has 0 radical (unpaired) electrons. The molecular weight excluding hydrogens is 636 g/mol. The molecule has 1 aliphatic heterocycles. The summed E-state index contributed by atoms with van der Waals surface area (Å²) in [6.07, 6.45) is -4.67. The van der Waals surface area contributed by atoms with Gasteiger partial charge in [-0.25, -0.2) is 14.4 Å². The summed E-state index contributed by atoms with van der Waals surface area (Å²) >= 11 is 1.29. The Hall–Kier alpha value is -4.97. The predicted molar refractivity (Wildman–Crippen MR) is 175 cm³/mol. The van der Waals surface area contributed by atoms with Gasteiger partial charge in [0, 0.05) is 11.8 Å². The number of ether oxygens (including phenoxy) is 6. The normalized spacial score (nSPS) is 20.2. The summed E-state index contributed by atoms with van der Waals surface area (Å²) in [7, 11) is 0. The summed E-state index contributed by atoms with van der Waals surface area (Å²) in [6.45, 7) is 0.779. The van der Waals surface area contributed by atoms with Gasteiger partial charge in [0.15, 0.2) is 12.2 Å². The Morgan fingerprint density at radius 1 is 0.583 bits per heavy atom. The first-order valence-corrected chi connectivity index (χ1v) is 16.1. The van der Waals surface area contributed by atoms with Crippen LogP contribution in [0.4, 0.5) is 0 Å². The van der Waals surface area contributed by atoms with Crippen LogP contribution in [0.5, 0.6) is 0 Å². The Balaban J connectivity index is 1.52. The topological polar surface area (TPSA) is 124 Å². The molecule has 0 spiro atoms. The monoisotopic (exact) mass is 670 g/mol. The smallest absolute Gasteiger partial charge is 0.338 e. The number of hydrogen-bond acceptors (Lipinski definition) is 11. The molecule has 48 heavy (non-hydrogen) atoms. The molecule has 10 nitrogen and oxygen atoms in total. The van der Waals surface area contributed by atoms with Gasteiger partial charge in [-0.3, -0.25) is 4.79 Å². The maximum absolute atomic E-state index is 13.6. The third-order valence-electron chi connectivity index (χ3n) is 7.18. The van der Waals surface area contributed by atoms with E-state index >= 15 is 0 Å². The molecule has 1 heterocycles. The molecule has 0 amide bonds. The highest BCUT2D eigenvalue weighted by Gasteiger charge is 2.52. The zero-order valence-corrected chi connectivity index (χ0v) is 26.9. The minimum atomic E-state index is -1.29. The van der Waals surface area contributed by atoms with Crippen LogP contribution in [0.1, 0.15) is 38.0 Å². The van der Waals surface area contributed by atoms with Crippen molar-refractivity contribution < 1.29 is 47.6 Å². The molecular formula is C37H34O10S. The molecule has 0 N–H and O–H groups in total. The van der Waals surface area contributed by atoms with E-state index in [0.29, 0.717) is 5.56 Å². The quantitative estimate of drug-likeness (QED) is 0.0980. The highest BCUT2D eigenvalue weighted by atomic mass is 32.2. The molecule has 4 aromatic carbocycles. The van der Waals surface area contributed by atoms with Crippen LogP contribution in [0.3, 0.4) is 0 Å². The Morgan fingerprint density at radius 2 is 1.06 bits per heavy atom. The second-order valence-corrected chi connectivity index (χ2v) is 11.8. The molecule has 248 valence electrons. The van der Waals surface area contributed by atoms with Crippen molar-refractivity contribution >= 4 is 35.6 Å². The van der Waals surface area contributed by atoms with Crippen LogP contribution in [0.2, 0.25) is 0 Å². The summed E-state index contributed by atoms with van der Waals surface area (Å²) < 4.78 is 35.7. The predicted octanol–water partition coefficient (Wildman–Crippen LogP) is 5.76. The van der Waals surface area contributed by atoms with Crippen molar-refractivity contribution in [1.82, 2.24) is 0 Å². The van der Waals surface area contributed by atoms with E-state index in [4.69, 9.17) is 28.4 Å². The van der Waals surface area contributed by atoms with Crippen molar-refractivity contribution in [3.8, 4) is 0 Å². The van der Waals surface area contributed by atoms with E-state index in [-0.39, 0.29) is 30.9 Å². The van der Waals surface area contributed by atoms with E-state index in [1.165, 1.54) is 18.7 Å². The SMILES string of the molecule is CC(=O)OCCO[C@@H]1[C@@H](OC(=O)c2ccccc2)[C@H](OC(=O)c2ccccc2)[C@@H](COC(=O)c2ccccc2)O[C@@H]1Sc1ccccc1. The molecule has 5 atom stereocenters. The molecule has 0 saturated carbocycles. The van der Waals surface area contributed by atoms with Gasteiger partial charge in [-0.05, 0) is 48.5 Å². The Labute approximate surface area is 282 Å². The van der Waals surface area contributed by atoms with Gasteiger partial charge in [-0.2, -0.15) is 0 Å². The van der Waals surface area contributed by atoms with Crippen molar-refractivity contribution in [3.63, 3.8) is 0 Å². The number of esters is 4. The van der Waals surface area contributed by atoms with E-state index in [9.17, 15) is 19.2 Å². The summed E-state index contributed by atoms with van der Waals surface area (Å²) in [5.74, 6) is -2.51. The van der Waals surface area contributed by atoms with E-state index in [0.717, 1.165) is 4.90 Å². The van der Waals surface area contributed by atoms with Gasteiger partial charge < -0.3 is 28.4 Å². The number of hydrogen-bond donors (Lipinski definition) is 0. The Bertz CT molecular complexity index is 1640. The lowest BCUT2D eigenvalue weighted by atomic mass is 9.98. The summed E-state index contributed by atoms with van der Waals surface area (Å²) in [6, 6.07) is 34.4.